The summed E-state index contributed by atoms with van der Waals surface area (Å²) in [6, 6.07) is 0. The number of rotatable bonds is 7. The second-order valence-electron chi connectivity index (χ2n) is 5.72. The monoisotopic (exact) mass is 346 g/mol. The normalized spacial score (nSPS) is 12.7. The summed E-state index contributed by atoms with van der Waals surface area (Å²) in [7, 11) is 0. The van der Waals surface area contributed by atoms with Gasteiger partial charge >= 0.3 is 17.4 Å². The first-order chi connectivity index (χ1) is 10.2. The summed E-state index contributed by atoms with van der Waals surface area (Å²) < 4.78 is 0. The van der Waals surface area contributed by atoms with Crippen LogP contribution in [0.5, 0.6) is 0 Å². The van der Waals surface area contributed by atoms with Crippen molar-refractivity contribution < 1.29 is 15.3 Å². The van der Waals surface area contributed by atoms with Crippen molar-refractivity contribution in [3.05, 3.63) is 0 Å². The molecule has 0 amide bonds. The molecule has 0 saturated carbocycles. The van der Waals surface area contributed by atoms with Crippen LogP contribution in [0.3, 0.4) is 0 Å². The third kappa shape index (κ3) is 86.1. The molecule has 0 saturated heterocycles. The predicted molar refractivity (Wildman–Crippen MR) is 99.4 cm³/mol. The van der Waals surface area contributed by atoms with E-state index in [1.165, 1.54) is 32.1 Å². The quantitative estimate of drug-likeness (QED) is 0.525. The molecule has 0 aromatic rings. The standard InChI is InChI=1S/C7H16.3C4H9O.Al/c1-3-5-7-6-4-2;3*1-3-4(2)5;/h3-7H2,1-2H3;3*4H,3H2,1-2H3;/q;3*-1;+3. The zero-order valence-corrected chi connectivity index (χ0v) is 18.3. The Hall–Kier alpha value is 0.412. The van der Waals surface area contributed by atoms with Gasteiger partial charge in [0.25, 0.3) is 0 Å². The van der Waals surface area contributed by atoms with Crippen LogP contribution in [0.2, 0.25) is 0 Å². The summed E-state index contributed by atoms with van der Waals surface area (Å²) in [6.45, 7) is 15.2. The van der Waals surface area contributed by atoms with Gasteiger partial charge in [-0.15, -0.1) is 18.3 Å². The van der Waals surface area contributed by atoms with E-state index in [0.717, 1.165) is 19.3 Å². The summed E-state index contributed by atoms with van der Waals surface area (Å²) in [5.41, 5.74) is 0. The van der Waals surface area contributed by atoms with Gasteiger partial charge in [-0.05, 0) is 0 Å². The fraction of sp³-hybridized carbons (Fsp3) is 1.00. The van der Waals surface area contributed by atoms with E-state index < -0.39 is 0 Å². The van der Waals surface area contributed by atoms with E-state index >= 15 is 0 Å². The van der Waals surface area contributed by atoms with E-state index in [1.54, 1.807) is 20.8 Å². The van der Waals surface area contributed by atoms with Crippen molar-refractivity contribution in [2.75, 3.05) is 0 Å². The molecule has 0 fully saturated rings. The number of unbranched alkanes of at least 4 members (excludes halogenated alkanes) is 4. The van der Waals surface area contributed by atoms with Crippen molar-refractivity contribution >= 4 is 17.4 Å². The molecule has 0 aromatic heterocycles. The van der Waals surface area contributed by atoms with Gasteiger partial charge in [-0.2, -0.15) is 0 Å². The molecule has 0 radical (unpaired) electrons. The number of hydrogen-bond acceptors (Lipinski definition) is 3. The van der Waals surface area contributed by atoms with Crippen molar-refractivity contribution in [3.8, 4) is 0 Å². The largest absolute Gasteiger partial charge is 3.00 e. The number of hydrogen-bond donors (Lipinski definition) is 0. The van der Waals surface area contributed by atoms with Crippen LogP contribution in [0.1, 0.15) is 107 Å². The van der Waals surface area contributed by atoms with E-state index in [9.17, 15) is 15.3 Å². The molecule has 140 valence electrons. The first-order valence-corrected chi connectivity index (χ1v) is 9.20. The fourth-order valence-electron chi connectivity index (χ4n) is 0.677. The second-order valence-corrected chi connectivity index (χ2v) is 5.72. The molecule has 3 atom stereocenters. The Labute approximate surface area is 158 Å². The fourth-order valence-corrected chi connectivity index (χ4v) is 0.677. The molecule has 0 heterocycles. The van der Waals surface area contributed by atoms with E-state index in [4.69, 9.17) is 0 Å². The zero-order valence-electron chi connectivity index (χ0n) is 17.2. The van der Waals surface area contributed by atoms with Crippen LogP contribution in [0.4, 0.5) is 0 Å². The Bertz CT molecular complexity index is 129. The van der Waals surface area contributed by atoms with Crippen LogP contribution in [0.15, 0.2) is 0 Å². The molecule has 23 heavy (non-hydrogen) atoms. The Morgan fingerprint density at radius 1 is 0.522 bits per heavy atom. The SMILES string of the molecule is CCC(C)[O-].CCC(C)[O-].CCC(C)[O-].CCCCCCC.[Al+3]. The van der Waals surface area contributed by atoms with E-state index in [-0.39, 0.29) is 35.7 Å². The Balaban J connectivity index is -0.0000000625. The minimum absolute atomic E-state index is 0. The molecule has 0 aromatic carbocycles. The van der Waals surface area contributed by atoms with E-state index in [1.807, 2.05) is 20.8 Å². The van der Waals surface area contributed by atoms with Crippen LogP contribution in [0, 0.1) is 0 Å². The van der Waals surface area contributed by atoms with Gasteiger partial charge in [-0.25, -0.2) is 0 Å². The van der Waals surface area contributed by atoms with Gasteiger partial charge in [0.15, 0.2) is 0 Å². The van der Waals surface area contributed by atoms with Crippen LogP contribution < -0.4 is 15.3 Å². The summed E-state index contributed by atoms with van der Waals surface area (Å²) in [5.74, 6) is 0. The molecule has 0 bridgehead atoms. The van der Waals surface area contributed by atoms with Crippen molar-refractivity contribution in [1.82, 2.24) is 0 Å². The molecule has 0 rings (SSSR count). The third-order valence-electron chi connectivity index (χ3n) is 2.93. The molecule has 3 nitrogen and oxygen atoms in total. The molecule has 0 aliphatic carbocycles. The maximum Gasteiger partial charge on any atom is 3.00 e. The predicted octanol–water partition coefficient (Wildman–Crippen LogP) is 3.03. The van der Waals surface area contributed by atoms with E-state index in [0.29, 0.717) is 0 Å². The van der Waals surface area contributed by atoms with Crippen molar-refractivity contribution in [1.29, 1.82) is 0 Å². The smallest absolute Gasteiger partial charge is 0.852 e. The van der Waals surface area contributed by atoms with Crippen LogP contribution in [-0.4, -0.2) is 35.7 Å². The summed E-state index contributed by atoms with van der Waals surface area (Å²) in [6.07, 6.45) is 8.16. The van der Waals surface area contributed by atoms with Crippen molar-refractivity contribution in [2.45, 2.75) is 125 Å². The first-order valence-electron chi connectivity index (χ1n) is 9.20. The van der Waals surface area contributed by atoms with Crippen LogP contribution >= 0.6 is 0 Å². The minimum atomic E-state index is -0.366. The van der Waals surface area contributed by atoms with Gasteiger partial charge in [0, 0.05) is 0 Å². The van der Waals surface area contributed by atoms with E-state index in [2.05, 4.69) is 13.8 Å². The first kappa shape index (κ1) is 34.7. The van der Waals surface area contributed by atoms with Gasteiger partial charge in [0.1, 0.15) is 0 Å². The van der Waals surface area contributed by atoms with Gasteiger partial charge in [0.05, 0.1) is 0 Å². The Morgan fingerprint density at radius 3 is 0.783 bits per heavy atom. The molecule has 3 unspecified atom stereocenters. The third-order valence-corrected chi connectivity index (χ3v) is 2.93. The van der Waals surface area contributed by atoms with Gasteiger partial charge in [0.2, 0.25) is 0 Å². The van der Waals surface area contributed by atoms with Crippen LogP contribution in [-0.2, 0) is 0 Å². The summed E-state index contributed by atoms with van der Waals surface area (Å²) >= 11 is 0. The minimum Gasteiger partial charge on any atom is -0.852 e. The maximum absolute atomic E-state index is 9.90. The van der Waals surface area contributed by atoms with Gasteiger partial charge < -0.3 is 15.3 Å². The summed E-state index contributed by atoms with van der Waals surface area (Å²) in [4.78, 5) is 0. The van der Waals surface area contributed by atoms with Crippen molar-refractivity contribution in [2.24, 2.45) is 0 Å². The molecular formula is C19H43AlO3. The average Bonchev–Trinajstić information content (AvgIpc) is 2.49. The maximum atomic E-state index is 9.90. The molecule has 0 aliphatic rings. The van der Waals surface area contributed by atoms with Gasteiger partial charge in [-0.1, -0.05) is 107 Å². The average molecular weight is 347 g/mol. The zero-order chi connectivity index (χ0) is 18.4. The Morgan fingerprint density at radius 2 is 0.696 bits per heavy atom. The Kier molecular flexibility index (Phi) is 51.1. The second kappa shape index (κ2) is 33.9. The molecule has 0 aliphatic heterocycles. The van der Waals surface area contributed by atoms with Gasteiger partial charge in [-0.3, -0.25) is 0 Å². The van der Waals surface area contributed by atoms with Crippen molar-refractivity contribution in [3.63, 3.8) is 0 Å². The molecule has 0 spiro atoms. The molecular weight excluding hydrogens is 303 g/mol. The van der Waals surface area contributed by atoms with Crippen LogP contribution in [0.25, 0.3) is 0 Å². The molecule has 4 heteroatoms. The topological polar surface area (TPSA) is 69.2 Å². The molecule has 0 N–H and O–H groups in total. The summed E-state index contributed by atoms with van der Waals surface area (Å²) in [5, 5.41) is 29.7.